The van der Waals surface area contributed by atoms with Crippen LogP contribution in [-0.2, 0) is 13.1 Å². The third-order valence-electron chi connectivity index (χ3n) is 4.25. The maximum Gasteiger partial charge on any atom is 0.0542 e. The van der Waals surface area contributed by atoms with Crippen molar-refractivity contribution in [1.82, 2.24) is 10.3 Å². The van der Waals surface area contributed by atoms with Crippen molar-refractivity contribution in [2.45, 2.75) is 38.8 Å². The van der Waals surface area contributed by atoms with Gasteiger partial charge < -0.3 is 11.1 Å². The van der Waals surface area contributed by atoms with Crippen LogP contribution in [0.1, 0.15) is 36.9 Å². The normalized spacial score (nSPS) is 19.4. The van der Waals surface area contributed by atoms with Crippen LogP contribution in [-0.4, -0.2) is 11.5 Å². The van der Waals surface area contributed by atoms with Gasteiger partial charge in [-0.1, -0.05) is 0 Å². The Morgan fingerprint density at radius 2 is 2.00 bits per heavy atom. The van der Waals surface area contributed by atoms with E-state index < -0.39 is 0 Å². The van der Waals surface area contributed by atoms with Crippen LogP contribution < -0.4 is 11.1 Å². The van der Waals surface area contributed by atoms with Gasteiger partial charge in [0.05, 0.1) is 5.69 Å². The van der Waals surface area contributed by atoms with Gasteiger partial charge in [0.15, 0.2) is 0 Å². The highest BCUT2D eigenvalue weighted by atomic mass is 14.9. The number of nitrogens with one attached hydrogen (secondary N) is 1. The molecule has 98 valence electrons. The molecule has 18 heavy (non-hydrogen) atoms. The van der Waals surface area contributed by atoms with Crippen molar-refractivity contribution in [3.8, 4) is 0 Å². The number of nitrogens with zero attached hydrogens (tertiary/aromatic N) is 1. The molecule has 2 aliphatic rings. The first-order valence-electron chi connectivity index (χ1n) is 7.21. The van der Waals surface area contributed by atoms with Crippen molar-refractivity contribution < 1.29 is 0 Å². The summed E-state index contributed by atoms with van der Waals surface area (Å²) in [7, 11) is 0. The van der Waals surface area contributed by atoms with Gasteiger partial charge in [-0.2, -0.15) is 0 Å². The second-order valence-corrected chi connectivity index (χ2v) is 5.83. The predicted molar refractivity (Wildman–Crippen MR) is 72.8 cm³/mol. The van der Waals surface area contributed by atoms with Crippen LogP contribution >= 0.6 is 0 Å². The first kappa shape index (κ1) is 12.1. The van der Waals surface area contributed by atoms with E-state index >= 15 is 0 Å². The summed E-state index contributed by atoms with van der Waals surface area (Å²) in [5.74, 6) is 3.00. The smallest absolute Gasteiger partial charge is 0.0542 e. The lowest BCUT2D eigenvalue weighted by Crippen LogP contribution is -2.25. The summed E-state index contributed by atoms with van der Waals surface area (Å²) < 4.78 is 0. The fourth-order valence-corrected chi connectivity index (χ4v) is 2.90. The molecular formula is C15H23N3. The van der Waals surface area contributed by atoms with Crippen molar-refractivity contribution in [2.24, 2.45) is 23.5 Å². The molecular weight excluding hydrogens is 222 g/mol. The molecule has 3 rings (SSSR count). The summed E-state index contributed by atoms with van der Waals surface area (Å²) >= 11 is 0. The van der Waals surface area contributed by atoms with Crippen molar-refractivity contribution in [3.05, 3.63) is 29.6 Å². The molecule has 0 atom stereocenters. The summed E-state index contributed by atoms with van der Waals surface area (Å²) in [6, 6.07) is 4.19. The molecule has 0 saturated heterocycles. The number of aromatic nitrogens is 1. The first-order chi connectivity index (χ1) is 8.86. The molecule has 0 spiro atoms. The molecule has 0 aromatic carbocycles. The Balaban J connectivity index is 1.48. The zero-order valence-electron chi connectivity index (χ0n) is 10.9. The van der Waals surface area contributed by atoms with E-state index in [1.54, 1.807) is 0 Å². The zero-order chi connectivity index (χ0) is 12.4. The van der Waals surface area contributed by atoms with E-state index in [1.165, 1.54) is 37.8 Å². The number of nitrogens with two attached hydrogens (primary N) is 1. The molecule has 3 N–H and O–H groups in total. The van der Waals surface area contributed by atoms with Crippen molar-refractivity contribution >= 4 is 0 Å². The van der Waals surface area contributed by atoms with E-state index in [4.69, 9.17) is 5.73 Å². The number of pyridine rings is 1. The average Bonchev–Trinajstić information content (AvgIpc) is 3.28. The van der Waals surface area contributed by atoms with Crippen molar-refractivity contribution in [2.75, 3.05) is 6.54 Å². The minimum absolute atomic E-state index is 0.528. The molecule has 0 amide bonds. The van der Waals surface area contributed by atoms with E-state index in [0.29, 0.717) is 6.54 Å². The molecule has 0 unspecified atom stereocenters. The van der Waals surface area contributed by atoms with E-state index in [-0.39, 0.29) is 0 Å². The van der Waals surface area contributed by atoms with Gasteiger partial charge in [-0.05, 0) is 67.7 Å². The van der Waals surface area contributed by atoms with Crippen LogP contribution in [0.2, 0.25) is 0 Å². The first-order valence-corrected chi connectivity index (χ1v) is 7.21. The molecule has 1 heterocycles. The lowest BCUT2D eigenvalue weighted by atomic mass is 9.98. The van der Waals surface area contributed by atoms with Gasteiger partial charge >= 0.3 is 0 Å². The quantitative estimate of drug-likeness (QED) is 0.773. The Morgan fingerprint density at radius 3 is 2.61 bits per heavy atom. The molecule has 3 heteroatoms. The zero-order valence-corrected chi connectivity index (χ0v) is 10.9. The number of hydrogen-bond donors (Lipinski definition) is 2. The van der Waals surface area contributed by atoms with Crippen LogP contribution in [0.5, 0.6) is 0 Å². The van der Waals surface area contributed by atoms with Crippen molar-refractivity contribution in [1.29, 1.82) is 0 Å². The molecule has 0 aliphatic heterocycles. The van der Waals surface area contributed by atoms with Crippen LogP contribution in [0.4, 0.5) is 0 Å². The Kier molecular flexibility index (Phi) is 3.62. The fraction of sp³-hybridized carbons (Fsp3) is 0.667. The lowest BCUT2D eigenvalue weighted by molar-refractivity contribution is 0.378. The summed E-state index contributed by atoms with van der Waals surface area (Å²) in [5, 5.41) is 3.63. The molecule has 1 aromatic heterocycles. The maximum atomic E-state index is 5.61. The molecule has 2 fully saturated rings. The van der Waals surface area contributed by atoms with Gasteiger partial charge in [0, 0.05) is 19.3 Å². The number of hydrogen-bond acceptors (Lipinski definition) is 3. The van der Waals surface area contributed by atoms with Crippen LogP contribution in [0, 0.1) is 17.8 Å². The van der Waals surface area contributed by atoms with Gasteiger partial charge in [-0.3, -0.25) is 4.98 Å². The van der Waals surface area contributed by atoms with Gasteiger partial charge in [0.1, 0.15) is 0 Å². The minimum Gasteiger partial charge on any atom is -0.325 e. The summed E-state index contributed by atoms with van der Waals surface area (Å²) in [5.41, 5.74) is 7.89. The van der Waals surface area contributed by atoms with Gasteiger partial charge in [0.25, 0.3) is 0 Å². The Bertz CT molecular complexity index is 384. The standard InChI is InChI=1S/C15H23N3/c16-8-14-7-11(5-6-18-14)9-17-10-15(12-1-2-12)13-3-4-13/h5-7,12-13,15,17H,1-4,8-10,16H2. The molecule has 2 saturated carbocycles. The van der Waals surface area contributed by atoms with Crippen LogP contribution in [0.25, 0.3) is 0 Å². The minimum atomic E-state index is 0.528. The summed E-state index contributed by atoms with van der Waals surface area (Å²) in [6.45, 7) is 2.67. The highest BCUT2D eigenvalue weighted by molar-refractivity contribution is 5.16. The summed E-state index contributed by atoms with van der Waals surface area (Å²) in [6.07, 6.45) is 7.73. The lowest BCUT2D eigenvalue weighted by Gasteiger charge is -2.16. The van der Waals surface area contributed by atoms with Crippen LogP contribution in [0.15, 0.2) is 18.3 Å². The molecule has 0 bridgehead atoms. The SMILES string of the molecule is NCc1cc(CNCC(C2CC2)C2CC2)ccn1. The van der Waals surface area contributed by atoms with Gasteiger partial charge in [0.2, 0.25) is 0 Å². The Hall–Kier alpha value is -0.930. The summed E-state index contributed by atoms with van der Waals surface area (Å²) in [4.78, 5) is 4.22. The van der Waals surface area contributed by atoms with E-state index in [9.17, 15) is 0 Å². The predicted octanol–water partition coefficient (Wildman–Crippen LogP) is 2.07. The molecule has 2 aliphatic carbocycles. The van der Waals surface area contributed by atoms with E-state index in [1.807, 2.05) is 6.20 Å². The largest absolute Gasteiger partial charge is 0.325 e. The molecule has 0 radical (unpaired) electrons. The second-order valence-electron chi connectivity index (χ2n) is 5.83. The van der Waals surface area contributed by atoms with Crippen molar-refractivity contribution in [3.63, 3.8) is 0 Å². The van der Waals surface area contributed by atoms with Crippen LogP contribution in [0.3, 0.4) is 0 Å². The van der Waals surface area contributed by atoms with Gasteiger partial charge in [-0.15, -0.1) is 0 Å². The third-order valence-corrected chi connectivity index (χ3v) is 4.25. The van der Waals surface area contributed by atoms with Gasteiger partial charge in [-0.25, -0.2) is 0 Å². The Labute approximate surface area is 109 Å². The monoisotopic (exact) mass is 245 g/mol. The van der Waals surface area contributed by atoms with E-state index in [0.717, 1.165) is 30.0 Å². The van der Waals surface area contributed by atoms with E-state index in [2.05, 4.69) is 22.4 Å². The fourth-order valence-electron chi connectivity index (χ4n) is 2.90. The maximum absolute atomic E-state index is 5.61. The highest BCUT2D eigenvalue weighted by Crippen LogP contribution is 2.48. The Morgan fingerprint density at radius 1 is 1.28 bits per heavy atom. The molecule has 3 nitrogen and oxygen atoms in total. The highest BCUT2D eigenvalue weighted by Gasteiger charge is 2.40. The number of rotatable bonds is 7. The third kappa shape index (κ3) is 3.09. The molecule has 1 aromatic rings. The second kappa shape index (κ2) is 5.37. The average molecular weight is 245 g/mol. The topological polar surface area (TPSA) is 50.9 Å².